The molecule has 4 unspecified atom stereocenters. The largest absolute Gasteiger partial charge is 0.461 e. The van der Waals surface area contributed by atoms with Crippen LogP contribution in [-0.4, -0.2) is 12.1 Å². The lowest BCUT2D eigenvalue weighted by atomic mass is 9.72. The highest BCUT2D eigenvalue weighted by molar-refractivity contribution is 5.84. The summed E-state index contributed by atoms with van der Waals surface area (Å²) < 4.78 is 5.28. The molecular formula is C10H11NO2. The maximum absolute atomic E-state index is 11.5. The molecule has 3 aliphatic rings. The number of rotatable bonds is 0. The van der Waals surface area contributed by atoms with Gasteiger partial charge in [0.1, 0.15) is 6.10 Å². The van der Waals surface area contributed by atoms with Crippen molar-refractivity contribution in [2.75, 3.05) is 0 Å². The van der Waals surface area contributed by atoms with Crippen LogP contribution in [0.25, 0.3) is 0 Å². The second-order valence-electron chi connectivity index (χ2n) is 4.62. The Hall–Kier alpha value is -1.04. The molecule has 1 saturated heterocycles. The fraction of sp³-hybridized carbons (Fsp3) is 0.800. The SMILES string of the molecule is CC1C2OC(=O)C3(C#N)C[C@H]1CC23. The van der Waals surface area contributed by atoms with Gasteiger partial charge in [0, 0.05) is 5.92 Å². The average Bonchev–Trinajstić information content (AvgIpc) is 2.68. The van der Waals surface area contributed by atoms with E-state index in [9.17, 15) is 4.79 Å². The van der Waals surface area contributed by atoms with E-state index in [0.29, 0.717) is 11.8 Å². The highest BCUT2D eigenvalue weighted by Crippen LogP contribution is 2.63. The molecule has 0 amide bonds. The van der Waals surface area contributed by atoms with E-state index in [0.717, 1.165) is 12.8 Å². The minimum absolute atomic E-state index is 0.0471. The molecule has 2 aliphatic carbocycles. The fourth-order valence-corrected chi connectivity index (χ4v) is 3.45. The maximum atomic E-state index is 11.5. The van der Waals surface area contributed by atoms with Crippen molar-refractivity contribution < 1.29 is 9.53 Å². The molecule has 0 aromatic rings. The smallest absolute Gasteiger partial charge is 0.327 e. The van der Waals surface area contributed by atoms with Gasteiger partial charge in [-0.25, -0.2) is 0 Å². The second-order valence-corrected chi connectivity index (χ2v) is 4.62. The van der Waals surface area contributed by atoms with Gasteiger partial charge in [-0.15, -0.1) is 0 Å². The Morgan fingerprint density at radius 1 is 1.69 bits per heavy atom. The van der Waals surface area contributed by atoms with Gasteiger partial charge in [0.25, 0.3) is 0 Å². The van der Waals surface area contributed by atoms with Crippen LogP contribution in [-0.2, 0) is 9.53 Å². The lowest BCUT2D eigenvalue weighted by Gasteiger charge is -2.24. The first kappa shape index (κ1) is 7.37. The monoisotopic (exact) mass is 177 g/mol. The third kappa shape index (κ3) is 0.580. The molecule has 1 aliphatic heterocycles. The highest BCUT2D eigenvalue weighted by atomic mass is 16.6. The van der Waals surface area contributed by atoms with Gasteiger partial charge in [-0.05, 0) is 24.7 Å². The van der Waals surface area contributed by atoms with Gasteiger partial charge >= 0.3 is 5.97 Å². The Bertz CT molecular complexity index is 332. The van der Waals surface area contributed by atoms with Gasteiger partial charge in [-0.2, -0.15) is 5.26 Å². The van der Waals surface area contributed by atoms with E-state index in [1.807, 2.05) is 0 Å². The molecule has 0 spiro atoms. The van der Waals surface area contributed by atoms with Gasteiger partial charge in [-0.3, -0.25) is 4.79 Å². The Kier molecular flexibility index (Phi) is 1.07. The number of fused-ring (bicyclic) bond motifs is 1. The zero-order valence-electron chi connectivity index (χ0n) is 7.49. The van der Waals surface area contributed by atoms with Crippen molar-refractivity contribution in [1.29, 1.82) is 5.26 Å². The first-order valence-corrected chi connectivity index (χ1v) is 4.81. The van der Waals surface area contributed by atoms with E-state index in [1.165, 1.54) is 0 Å². The minimum Gasteiger partial charge on any atom is -0.461 e. The lowest BCUT2D eigenvalue weighted by Crippen LogP contribution is -2.33. The zero-order valence-corrected chi connectivity index (χ0v) is 7.49. The molecule has 0 aromatic carbocycles. The van der Waals surface area contributed by atoms with Crippen LogP contribution in [0.1, 0.15) is 19.8 Å². The highest BCUT2D eigenvalue weighted by Gasteiger charge is 2.69. The molecule has 68 valence electrons. The lowest BCUT2D eigenvalue weighted by molar-refractivity contribution is -0.146. The third-order valence-corrected chi connectivity index (χ3v) is 4.24. The summed E-state index contributed by atoms with van der Waals surface area (Å²) in [7, 11) is 0. The van der Waals surface area contributed by atoms with Crippen LogP contribution in [0.15, 0.2) is 0 Å². The predicted molar refractivity (Wildman–Crippen MR) is 43.3 cm³/mol. The molecule has 3 heteroatoms. The summed E-state index contributed by atoms with van der Waals surface area (Å²) in [4.78, 5) is 11.5. The van der Waals surface area contributed by atoms with Crippen LogP contribution in [0.5, 0.6) is 0 Å². The zero-order chi connectivity index (χ0) is 9.22. The Labute approximate surface area is 76.7 Å². The van der Waals surface area contributed by atoms with Crippen LogP contribution in [0.2, 0.25) is 0 Å². The first-order chi connectivity index (χ1) is 6.19. The summed E-state index contributed by atoms with van der Waals surface area (Å²) in [5.74, 6) is 0.959. The van der Waals surface area contributed by atoms with Crippen molar-refractivity contribution in [3.05, 3.63) is 0 Å². The minimum atomic E-state index is -0.748. The molecule has 3 nitrogen and oxygen atoms in total. The number of carbonyl (C=O) groups is 1. The normalized spacial score (nSPS) is 56.5. The molecule has 0 aromatic heterocycles. The van der Waals surface area contributed by atoms with Crippen molar-refractivity contribution in [1.82, 2.24) is 0 Å². The molecule has 3 rings (SSSR count). The average molecular weight is 177 g/mol. The Morgan fingerprint density at radius 3 is 3.08 bits per heavy atom. The molecule has 3 fully saturated rings. The second kappa shape index (κ2) is 1.89. The van der Waals surface area contributed by atoms with Crippen molar-refractivity contribution >= 4 is 5.97 Å². The number of carbonyl (C=O) groups excluding carboxylic acids is 1. The first-order valence-electron chi connectivity index (χ1n) is 4.81. The summed E-state index contributed by atoms with van der Waals surface area (Å²) in [5, 5.41) is 9.07. The van der Waals surface area contributed by atoms with Gasteiger partial charge < -0.3 is 4.74 Å². The number of hydrogen-bond donors (Lipinski definition) is 0. The summed E-state index contributed by atoms with van der Waals surface area (Å²) >= 11 is 0. The van der Waals surface area contributed by atoms with Crippen molar-refractivity contribution in [3.63, 3.8) is 0 Å². The summed E-state index contributed by atoms with van der Waals surface area (Å²) in [6.07, 6.45) is 1.81. The Morgan fingerprint density at radius 2 is 2.46 bits per heavy atom. The summed E-state index contributed by atoms with van der Waals surface area (Å²) in [6, 6.07) is 2.20. The number of esters is 1. The third-order valence-electron chi connectivity index (χ3n) is 4.24. The van der Waals surface area contributed by atoms with Gasteiger partial charge in [0.05, 0.1) is 6.07 Å². The van der Waals surface area contributed by atoms with Crippen LogP contribution < -0.4 is 0 Å². The van der Waals surface area contributed by atoms with E-state index < -0.39 is 5.41 Å². The molecule has 1 heterocycles. The van der Waals surface area contributed by atoms with Crippen molar-refractivity contribution in [2.45, 2.75) is 25.9 Å². The molecule has 2 saturated carbocycles. The summed E-state index contributed by atoms with van der Waals surface area (Å²) in [5.41, 5.74) is -0.748. The Balaban J connectivity index is 2.12. The number of ether oxygens (including phenoxy) is 1. The van der Waals surface area contributed by atoms with E-state index in [2.05, 4.69) is 13.0 Å². The number of nitriles is 1. The fourth-order valence-electron chi connectivity index (χ4n) is 3.45. The van der Waals surface area contributed by atoms with Crippen LogP contribution >= 0.6 is 0 Å². The van der Waals surface area contributed by atoms with E-state index in [1.54, 1.807) is 0 Å². The number of nitrogens with zero attached hydrogens (tertiary/aromatic N) is 1. The van der Waals surface area contributed by atoms with Gasteiger partial charge in [-0.1, -0.05) is 6.92 Å². The van der Waals surface area contributed by atoms with Crippen molar-refractivity contribution in [3.8, 4) is 6.07 Å². The number of hydrogen-bond acceptors (Lipinski definition) is 3. The topological polar surface area (TPSA) is 50.1 Å². The van der Waals surface area contributed by atoms with Crippen LogP contribution in [0.3, 0.4) is 0 Å². The molecule has 0 radical (unpaired) electrons. The standard InChI is InChI=1S/C10H11NO2/c1-5-6-2-7-8(5)13-9(12)10(7,3-6)4-11/h5-8H,2-3H2,1H3/t5?,6-,7?,8?,10?/m1/s1. The van der Waals surface area contributed by atoms with E-state index in [4.69, 9.17) is 10.00 Å². The van der Waals surface area contributed by atoms with Crippen LogP contribution in [0.4, 0.5) is 0 Å². The predicted octanol–water partition coefficient (Wildman–Crippen LogP) is 1.10. The molecular weight excluding hydrogens is 166 g/mol. The molecule has 13 heavy (non-hydrogen) atoms. The van der Waals surface area contributed by atoms with Gasteiger partial charge in [0.2, 0.25) is 0 Å². The molecule has 5 atom stereocenters. The summed E-state index contributed by atoms with van der Waals surface area (Å²) in [6.45, 7) is 2.13. The molecule has 0 N–H and O–H groups in total. The van der Waals surface area contributed by atoms with E-state index in [-0.39, 0.29) is 18.0 Å². The maximum Gasteiger partial charge on any atom is 0.327 e. The van der Waals surface area contributed by atoms with Crippen molar-refractivity contribution in [2.24, 2.45) is 23.2 Å². The van der Waals surface area contributed by atoms with E-state index >= 15 is 0 Å². The quantitative estimate of drug-likeness (QED) is 0.520. The van der Waals surface area contributed by atoms with Gasteiger partial charge in [0.15, 0.2) is 5.41 Å². The van der Waals surface area contributed by atoms with Crippen LogP contribution in [0, 0.1) is 34.5 Å². The molecule has 2 bridgehead atoms.